The highest BCUT2D eigenvalue weighted by atomic mass is 16.6. The highest BCUT2D eigenvalue weighted by Crippen LogP contribution is 2.39. The largest absolute Gasteiger partial charge is 0.493 e. The molecule has 0 bridgehead atoms. The highest BCUT2D eigenvalue weighted by Gasteiger charge is 2.20. The van der Waals surface area contributed by atoms with Crippen LogP contribution in [0.1, 0.15) is 21.6 Å². The van der Waals surface area contributed by atoms with Crippen LogP contribution in [0.15, 0.2) is 60.7 Å². The van der Waals surface area contributed by atoms with E-state index >= 15 is 0 Å². The molecule has 0 unspecified atom stereocenters. The Morgan fingerprint density at radius 3 is 2.14 bits per heavy atom. The normalized spacial score (nSPS) is 10.7. The van der Waals surface area contributed by atoms with Gasteiger partial charge in [0.2, 0.25) is 5.75 Å². The molecule has 0 aliphatic carbocycles. The second-order valence-corrected chi connectivity index (χ2v) is 7.77. The minimum atomic E-state index is -0.578. The van der Waals surface area contributed by atoms with Crippen LogP contribution in [-0.2, 0) is 13.1 Å². The summed E-state index contributed by atoms with van der Waals surface area (Å²) in [6, 6.07) is 18.9. The third-order valence-corrected chi connectivity index (χ3v) is 5.56. The number of para-hydroxylation sites is 1. The van der Waals surface area contributed by atoms with Gasteiger partial charge in [-0.25, -0.2) is 4.79 Å². The van der Waals surface area contributed by atoms with Crippen LogP contribution in [0.25, 0.3) is 10.9 Å². The molecule has 0 radical (unpaired) electrons. The zero-order valence-corrected chi connectivity index (χ0v) is 20.1. The molecule has 2 N–H and O–H groups in total. The second kappa shape index (κ2) is 10.8. The molecular formula is C27H28N2O6. The molecule has 0 amide bonds. The number of nitrogens with one attached hydrogen (secondary N) is 2. The summed E-state index contributed by atoms with van der Waals surface area (Å²) in [6.07, 6.45) is 0. The van der Waals surface area contributed by atoms with Crippen molar-refractivity contribution in [2.75, 3.05) is 28.4 Å². The van der Waals surface area contributed by atoms with E-state index in [1.165, 1.54) is 33.8 Å². The second-order valence-electron chi connectivity index (χ2n) is 7.77. The number of aromatic nitrogens is 1. The van der Waals surface area contributed by atoms with Crippen LogP contribution in [-0.4, -0.2) is 39.4 Å². The fourth-order valence-corrected chi connectivity index (χ4v) is 3.84. The minimum absolute atomic E-state index is 0.254. The molecule has 0 aliphatic rings. The third kappa shape index (κ3) is 5.33. The fraction of sp³-hybridized carbons (Fsp3) is 0.222. The van der Waals surface area contributed by atoms with Gasteiger partial charge < -0.3 is 34.0 Å². The summed E-state index contributed by atoms with van der Waals surface area (Å²) in [6.45, 7) is 1.25. The lowest BCUT2D eigenvalue weighted by Crippen LogP contribution is -2.14. The number of H-pyrrole nitrogens is 1. The maximum atomic E-state index is 13.0. The Morgan fingerprint density at radius 2 is 1.49 bits per heavy atom. The van der Waals surface area contributed by atoms with Crippen LogP contribution in [0.4, 0.5) is 0 Å². The van der Waals surface area contributed by atoms with Crippen molar-refractivity contribution in [3.05, 3.63) is 77.5 Å². The molecule has 8 heteroatoms. The predicted molar refractivity (Wildman–Crippen MR) is 133 cm³/mol. The van der Waals surface area contributed by atoms with E-state index in [0.29, 0.717) is 41.8 Å². The number of ether oxygens (including phenoxy) is 5. The van der Waals surface area contributed by atoms with Crippen molar-refractivity contribution in [3.8, 4) is 28.7 Å². The highest BCUT2D eigenvalue weighted by molar-refractivity contribution is 5.93. The van der Waals surface area contributed by atoms with Crippen molar-refractivity contribution in [2.45, 2.75) is 13.1 Å². The molecule has 1 heterocycles. The summed E-state index contributed by atoms with van der Waals surface area (Å²) in [7, 11) is 6.00. The number of aromatic amines is 1. The zero-order chi connectivity index (χ0) is 24.8. The minimum Gasteiger partial charge on any atom is -0.493 e. The van der Waals surface area contributed by atoms with Crippen LogP contribution < -0.4 is 29.0 Å². The first-order valence-corrected chi connectivity index (χ1v) is 11.0. The van der Waals surface area contributed by atoms with Gasteiger partial charge in [0.15, 0.2) is 23.0 Å². The Labute approximate surface area is 203 Å². The monoisotopic (exact) mass is 476 g/mol. The molecule has 0 saturated heterocycles. The number of hydrogen-bond donors (Lipinski definition) is 2. The fourth-order valence-electron chi connectivity index (χ4n) is 3.84. The predicted octanol–water partition coefficient (Wildman–Crippen LogP) is 4.71. The summed E-state index contributed by atoms with van der Waals surface area (Å²) < 4.78 is 27.1. The van der Waals surface area contributed by atoms with Gasteiger partial charge in [-0.2, -0.15) is 0 Å². The van der Waals surface area contributed by atoms with E-state index in [0.717, 1.165) is 16.8 Å². The number of carbonyl (C=O) groups excluding carboxylic acids is 1. The number of carbonyl (C=O) groups is 1. The molecule has 1 aromatic heterocycles. The molecule has 8 nitrogen and oxygen atoms in total. The third-order valence-electron chi connectivity index (χ3n) is 5.56. The van der Waals surface area contributed by atoms with E-state index in [1.54, 1.807) is 24.3 Å². The van der Waals surface area contributed by atoms with Gasteiger partial charge in [-0.3, -0.25) is 0 Å². The van der Waals surface area contributed by atoms with Crippen LogP contribution in [0.2, 0.25) is 0 Å². The van der Waals surface area contributed by atoms with Crippen LogP contribution >= 0.6 is 0 Å². The number of benzene rings is 3. The SMILES string of the molecule is COc1ccc(CNCc2cc3ccccc3[nH]2)cc1OC(=O)c1cc(OC)c(OC)c(OC)c1. The van der Waals surface area contributed by atoms with Crippen molar-refractivity contribution >= 4 is 16.9 Å². The molecule has 0 atom stereocenters. The lowest BCUT2D eigenvalue weighted by molar-refractivity contribution is 0.0728. The standard InChI is InChI=1S/C27H28N2O6/c1-31-22-10-9-17(15-28-16-20-12-18-7-5-6-8-21(18)29-20)11-23(22)35-27(30)19-13-24(32-2)26(34-4)25(14-19)33-3/h5-14,28-29H,15-16H2,1-4H3. The Morgan fingerprint density at radius 1 is 0.771 bits per heavy atom. The summed E-state index contributed by atoms with van der Waals surface area (Å²) in [5.41, 5.74) is 3.39. The quantitative estimate of drug-likeness (QED) is 0.253. The van der Waals surface area contributed by atoms with Crippen molar-refractivity contribution in [1.29, 1.82) is 0 Å². The number of rotatable bonds is 10. The Hall–Kier alpha value is -4.17. The topological polar surface area (TPSA) is 91.0 Å². The average molecular weight is 477 g/mol. The zero-order valence-electron chi connectivity index (χ0n) is 20.1. The first-order valence-electron chi connectivity index (χ1n) is 11.0. The molecule has 35 heavy (non-hydrogen) atoms. The maximum absolute atomic E-state index is 13.0. The number of fused-ring (bicyclic) bond motifs is 1. The van der Waals surface area contributed by atoms with E-state index in [9.17, 15) is 4.79 Å². The van der Waals surface area contributed by atoms with E-state index in [-0.39, 0.29) is 5.56 Å². The van der Waals surface area contributed by atoms with Gasteiger partial charge in [-0.05, 0) is 47.3 Å². The summed E-state index contributed by atoms with van der Waals surface area (Å²) in [4.78, 5) is 16.4. The molecule has 0 fully saturated rings. The van der Waals surface area contributed by atoms with Gasteiger partial charge in [0, 0.05) is 24.3 Å². The van der Waals surface area contributed by atoms with Crippen molar-refractivity contribution in [1.82, 2.24) is 10.3 Å². The van der Waals surface area contributed by atoms with Crippen LogP contribution in [0, 0.1) is 0 Å². The summed E-state index contributed by atoms with van der Waals surface area (Å²) >= 11 is 0. The number of methoxy groups -OCH3 is 4. The smallest absolute Gasteiger partial charge is 0.343 e. The molecule has 3 aromatic carbocycles. The number of esters is 1. The Bertz CT molecular complexity index is 1270. The Kier molecular flexibility index (Phi) is 7.42. The van der Waals surface area contributed by atoms with Gasteiger partial charge in [0.1, 0.15) is 0 Å². The summed E-state index contributed by atoms with van der Waals surface area (Å²) in [5, 5.41) is 4.59. The van der Waals surface area contributed by atoms with Gasteiger partial charge in [-0.1, -0.05) is 24.3 Å². The molecule has 4 rings (SSSR count). The van der Waals surface area contributed by atoms with Crippen molar-refractivity contribution in [2.24, 2.45) is 0 Å². The molecular weight excluding hydrogens is 448 g/mol. The first kappa shape index (κ1) is 24.0. The van der Waals surface area contributed by atoms with E-state index in [1.807, 2.05) is 18.2 Å². The van der Waals surface area contributed by atoms with Gasteiger partial charge >= 0.3 is 5.97 Å². The lowest BCUT2D eigenvalue weighted by atomic mass is 10.1. The molecule has 0 spiro atoms. The lowest BCUT2D eigenvalue weighted by Gasteiger charge is -2.15. The molecule has 182 valence electrons. The van der Waals surface area contributed by atoms with E-state index in [2.05, 4.69) is 28.5 Å². The van der Waals surface area contributed by atoms with Crippen LogP contribution in [0.5, 0.6) is 28.7 Å². The first-order chi connectivity index (χ1) is 17.1. The van der Waals surface area contributed by atoms with E-state index in [4.69, 9.17) is 23.7 Å². The molecule has 4 aromatic rings. The van der Waals surface area contributed by atoms with Gasteiger partial charge in [0.05, 0.1) is 34.0 Å². The van der Waals surface area contributed by atoms with Crippen molar-refractivity contribution in [3.63, 3.8) is 0 Å². The van der Waals surface area contributed by atoms with Gasteiger partial charge in [-0.15, -0.1) is 0 Å². The molecule has 0 aliphatic heterocycles. The van der Waals surface area contributed by atoms with Gasteiger partial charge in [0.25, 0.3) is 0 Å². The molecule has 0 saturated carbocycles. The number of hydrogen-bond acceptors (Lipinski definition) is 7. The average Bonchev–Trinajstić information content (AvgIpc) is 3.30. The maximum Gasteiger partial charge on any atom is 0.343 e. The van der Waals surface area contributed by atoms with E-state index < -0.39 is 5.97 Å². The van der Waals surface area contributed by atoms with Crippen molar-refractivity contribution < 1.29 is 28.5 Å². The Balaban J connectivity index is 1.48. The summed E-state index contributed by atoms with van der Waals surface area (Å²) in [5.74, 6) is 1.31. The van der Waals surface area contributed by atoms with Crippen LogP contribution in [0.3, 0.4) is 0 Å².